The third kappa shape index (κ3) is 2.39. The van der Waals surface area contributed by atoms with E-state index < -0.39 is 5.66 Å². The van der Waals surface area contributed by atoms with E-state index in [0.29, 0.717) is 6.04 Å². The predicted octanol–water partition coefficient (Wildman–Crippen LogP) is 0.324. The number of amidine groups is 1. The zero-order chi connectivity index (χ0) is 15.7. The highest BCUT2D eigenvalue weighted by molar-refractivity contribution is 6.03. The first-order valence-corrected chi connectivity index (χ1v) is 8.07. The van der Waals surface area contributed by atoms with Gasteiger partial charge in [0.25, 0.3) is 0 Å². The minimum atomic E-state index is -0.625. The van der Waals surface area contributed by atoms with Gasteiger partial charge in [-0.1, -0.05) is 0 Å². The molecule has 124 valence electrons. The summed E-state index contributed by atoms with van der Waals surface area (Å²) < 4.78 is 5.48. The summed E-state index contributed by atoms with van der Waals surface area (Å²) in [6.07, 6.45) is 11.2. The standard InChI is InChI=1S/C15H22N6O2/c1-2-20-14-13(11-18-20)15(5-6-16-14,21-17-7-10-23-21)19-12-3-8-22-9-4-12/h5-7,10-12,17-19H,2-4,8-9H2,1H3. The first kappa shape index (κ1) is 14.6. The first-order valence-electron chi connectivity index (χ1n) is 8.07. The van der Waals surface area contributed by atoms with Crippen molar-refractivity contribution in [2.45, 2.75) is 31.5 Å². The molecule has 8 heteroatoms. The predicted molar refractivity (Wildman–Crippen MR) is 85.1 cm³/mol. The van der Waals surface area contributed by atoms with E-state index in [1.807, 2.05) is 23.5 Å². The molecule has 0 radical (unpaired) electrons. The van der Waals surface area contributed by atoms with Gasteiger partial charge in [-0.25, -0.2) is 4.99 Å². The third-order valence-electron chi connectivity index (χ3n) is 4.49. The summed E-state index contributed by atoms with van der Waals surface area (Å²) in [7, 11) is 0. The number of hydrogen-bond acceptors (Lipinski definition) is 8. The van der Waals surface area contributed by atoms with E-state index in [2.05, 4.69) is 28.1 Å². The van der Waals surface area contributed by atoms with Crippen molar-refractivity contribution in [1.29, 1.82) is 0 Å². The van der Waals surface area contributed by atoms with Crippen molar-refractivity contribution in [1.82, 2.24) is 26.3 Å². The molecule has 0 aromatic rings. The SMILES string of the molecule is CCN1NC=C2C1=NC=CC2(NC1CCOCC1)N1NC=CO1. The molecule has 0 aliphatic carbocycles. The number of hydroxylamine groups is 1. The molecule has 0 saturated carbocycles. The van der Waals surface area contributed by atoms with Gasteiger partial charge in [0.05, 0.1) is 11.8 Å². The van der Waals surface area contributed by atoms with E-state index in [-0.39, 0.29) is 0 Å². The van der Waals surface area contributed by atoms with Gasteiger partial charge in [0.15, 0.2) is 11.5 Å². The van der Waals surface area contributed by atoms with Crippen LogP contribution < -0.4 is 16.2 Å². The number of nitrogens with zero attached hydrogens (tertiary/aromatic N) is 3. The Morgan fingerprint density at radius 2 is 2.26 bits per heavy atom. The van der Waals surface area contributed by atoms with Crippen LogP contribution >= 0.6 is 0 Å². The fourth-order valence-electron chi connectivity index (χ4n) is 3.30. The summed E-state index contributed by atoms with van der Waals surface area (Å²) in [6, 6.07) is 0.343. The van der Waals surface area contributed by atoms with Crippen molar-refractivity contribution >= 4 is 5.84 Å². The van der Waals surface area contributed by atoms with E-state index in [1.165, 1.54) is 0 Å². The van der Waals surface area contributed by atoms with Crippen LogP contribution in [-0.4, -0.2) is 47.5 Å². The number of rotatable bonds is 4. The molecule has 4 aliphatic rings. The molecule has 0 amide bonds. The van der Waals surface area contributed by atoms with Gasteiger partial charge in [0.2, 0.25) is 0 Å². The lowest BCUT2D eigenvalue weighted by Gasteiger charge is -2.43. The lowest BCUT2D eigenvalue weighted by molar-refractivity contribution is -0.176. The third-order valence-corrected chi connectivity index (χ3v) is 4.49. The van der Waals surface area contributed by atoms with Gasteiger partial charge in [-0.3, -0.25) is 15.8 Å². The number of hydrazine groups is 2. The molecule has 4 aliphatic heterocycles. The van der Waals surface area contributed by atoms with Crippen LogP contribution in [0.25, 0.3) is 0 Å². The highest BCUT2D eigenvalue weighted by atomic mass is 16.7. The van der Waals surface area contributed by atoms with Crippen LogP contribution in [0.5, 0.6) is 0 Å². The molecule has 1 atom stereocenters. The van der Waals surface area contributed by atoms with E-state index in [0.717, 1.165) is 44.0 Å². The van der Waals surface area contributed by atoms with Crippen molar-refractivity contribution in [3.05, 3.63) is 36.5 Å². The monoisotopic (exact) mass is 318 g/mol. The molecule has 0 bridgehead atoms. The Labute approximate surface area is 135 Å². The smallest absolute Gasteiger partial charge is 0.179 e. The van der Waals surface area contributed by atoms with Crippen LogP contribution in [0.15, 0.2) is 41.5 Å². The summed E-state index contributed by atoms with van der Waals surface area (Å²) in [6.45, 7) is 4.48. The summed E-state index contributed by atoms with van der Waals surface area (Å²) in [5.74, 6) is 0.909. The van der Waals surface area contributed by atoms with Gasteiger partial charge in [-0.2, -0.15) is 0 Å². The quantitative estimate of drug-likeness (QED) is 0.689. The minimum Gasteiger partial charge on any atom is -0.390 e. The highest BCUT2D eigenvalue weighted by Gasteiger charge is 2.49. The molecule has 23 heavy (non-hydrogen) atoms. The zero-order valence-electron chi connectivity index (χ0n) is 13.2. The van der Waals surface area contributed by atoms with Gasteiger partial charge in [-0.05, 0) is 31.0 Å². The molecule has 0 spiro atoms. The highest BCUT2D eigenvalue weighted by Crippen LogP contribution is 2.33. The van der Waals surface area contributed by atoms with Gasteiger partial charge in [-0.15, -0.1) is 0 Å². The summed E-state index contributed by atoms with van der Waals surface area (Å²) in [5.41, 5.74) is 6.82. The fraction of sp³-hybridized carbons (Fsp3) is 0.533. The average Bonchev–Trinajstić information content (AvgIpc) is 3.26. The Bertz CT molecular complexity index is 573. The van der Waals surface area contributed by atoms with E-state index in [9.17, 15) is 0 Å². The maximum absolute atomic E-state index is 5.67. The van der Waals surface area contributed by atoms with Gasteiger partial charge < -0.3 is 15.0 Å². The molecule has 4 heterocycles. The normalized spacial score (nSPS) is 30.4. The Hall–Kier alpha value is -2.03. The second-order valence-electron chi connectivity index (χ2n) is 5.83. The topological polar surface area (TPSA) is 73.4 Å². The molecule has 1 saturated heterocycles. The summed E-state index contributed by atoms with van der Waals surface area (Å²) >= 11 is 0. The molecule has 8 nitrogen and oxygen atoms in total. The molecule has 1 fully saturated rings. The molecule has 0 aromatic heterocycles. The van der Waals surface area contributed by atoms with E-state index in [4.69, 9.17) is 9.57 Å². The first-order chi connectivity index (χ1) is 11.3. The lowest BCUT2D eigenvalue weighted by atomic mass is 9.94. The number of ether oxygens (including phenoxy) is 1. The van der Waals surface area contributed by atoms with Crippen molar-refractivity contribution in [2.75, 3.05) is 19.8 Å². The lowest BCUT2D eigenvalue weighted by Crippen LogP contribution is -2.65. The van der Waals surface area contributed by atoms with Crippen molar-refractivity contribution in [3.8, 4) is 0 Å². The number of likely N-dealkylation sites (N-methyl/N-ethyl adjacent to an activating group) is 1. The van der Waals surface area contributed by atoms with Crippen LogP contribution in [0.2, 0.25) is 0 Å². The van der Waals surface area contributed by atoms with E-state index >= 15 is 0 Å². The number of hydrogen-bond donors (Lipinski definition) is 3. The van der Waals surface area contributed by atoms with Crippen molar-refractivity contribution < 1.29 is 9.57 Å². The Kier molecular flexibility index (Phi) is 3.72. The molecule has 4 rings (SSSR count). The number of nitrogens with one attached hydrogen (secondary N) is 3. The van der Waals surface area contributed by atoms with Crippen molar-refractivity contribution in [3.63, 3.8) is 0 Å². The fourth-order valence-corrected chi connectivity index (χ4v) is 3.30. The van der Waals surface area contributed by atoms with Gasteiger partial charge in [0.1, 0.15) is 6.26 Å². The Morgan fingerprint density at radius 1 is 1.39 bits per heavy atom. The second kappa shape index (κ2) is 5.88. The van der Waals surface area contributed by atoms with E-state index in [1.54, 1.807) is 17.6 Å². The van der Waals surface area contributed by atoms with Crippen LogP contribution in [0.3, 0.4) is 0 Å². The Balaban J connectivity index is 1.66. The number of fused-ring (bicyclic) bond motifs is 1. The number of aliphatic imine (C=N–C) groups is 1. The summed E-state index contributed by atoms with van der Waals surface area (Å²) in [5, 5.41) is 7.48. The molecule has 1 unspecified atom stereocenters. The molecule has 3 N–H and O–H groups in total. The molecular weight excluding hydrogens is 296 g/mol. The van der Waals surface area contributed by atoms with Crippen LogP contribution in [-0.2, 0) is 9.57 Å². The van der Waals surface area contributed by atoms with Crippen LogP contribution in [0.1, 0.15) is 19.8 Å². The second-order valence-corrected chi connectivity index (χ2v) is 5.83. The average molecular weight is 318 g/mol. The molecule has 0 aromatic carbocycles. The van der Waals surface area contributed by atoms with Gasteiger partial charge >= 0.3 is 0 Å². The zero-order valence-corrected chi connectivity index (χ0v) is 13.2. The largest absolute Gasteiger partial charge is 0.390 e. The maximum Gasteiger partial charge on any atom is 0.179 e. The Morgan fingerprint density at radius 3 is 3.00 bits per heavy atom. The minimum absolute atomic E-state index is 0.343. The van der Waals surface area contributed by atoms with Crippen LogP contribution in [0.4, 0.5) is 0 Å². The van der Waals surface area contributed by atoms with Crippen LogP contribution in [0, 0.1) is 0 Å². The summed E-state index contributed by atoms with van der Waals surface area (Å²) in [4.78, 5) is 10.2. The van der Waals surface area contributed by atoms with Gasteiger partial charge in [0, 0.05) is 38.2 Å². The maximum atomic E-state index is 5.67. The molecular formula is C15H22N6O2. The van der Waals surface area contributed by atoms with Crippen molar-refractivity contribution in [2.24, 2.45) is 4.99 Å².